The smallest absolute Gasteiger partial charge is 0.274 e. The first-order valence-electron chi connectivity index (χ1n) is 7.28. The molecule has 21 heavy (non-hydrogen) atoms. The molecule has 3 heterocycles. The van der Waals surface area contributed by atoms with Gasteiger partial charge in [-0.2, -0.15) is 0 Å². The molecular weight excluding hydrogens is 268 g/mol. The molecule has 0 spiro atoms. The number of aryl methyl sites for hydroxylation is 1. The van der Waals surface area contributed by atoms with Crippen molar-refractivity contribution in [3.8, 4) is 0 Å². The van der Waals surface area contributed by atoms with Crippen LogP contribution in [0.2, 0.25) is 0 Å². The molecule has 0 radical (unpaired) electrons. The predicted molar refractivity (Wildman–Crippen MR) is 79.5 cm³/mol. The standard InChI is InChI=1S/C15H20N4O2/c1-10-11(2)18-21-15(10)17-14(20)13-4-3-9-19(13)12-5-7-16-8-6-12/h3-4,9,12,16H,5-8H2,1-2H3,(H,17,20). The topological polar surface area (TPSA) is 72.1 Å². The summed E-state index contributed by atoms with van der Waals surface area (Å²) < 4.78 is 7.21. The molecule has 1 fully saturated rings. The second-order valence-electron chi connectivity index (χ2n) is 5.46. The number of amides is 1. The van der Waals surface area contributed by atoms with Crippen molar-refractivity contribution in [1.82, 2.24) is 15.0 Å². The van der Waals surface area contributed by atoms with Crippen molar-refractivity contribution in [3.63, 3.8) is 0 Å². The monoisotopic (exact) mass is 288 g/mol. The number of piperidine rings is 1. The van der Waals surface area contributed by atoms with Crippen LogP contribution in [0.4, 0.5) is 5.88 Å². The van der Waals surface area contributed by atoms with Gasteiger partial charge in [0, 0.05) is 17.8 Å². The zero-order chi connectivity index (χ0) is 14.8. The summed E-state index contributed by atoms with van der Waals surface area (Å²) in [6.45, 7) is 5.72. The van der Waals surface area contributed by atoms with Crippen LogP contribution >= 0.6 is 0 Å². The van der Waals surface area contributed by atoms with E-state index >= 15 is 0 Å². The Bertz CT molecular complexity index is 638. The van der Waals surface area contributed by atoms with Gasteiger partial charge in [-0.3, -0.25) is 10.1 Å². The van der Waals surface area contributed by atoms with Gasteiger partial charge in [0.1, 0.15) is 5.69 Å². The zero-order valence-corrected chi connectivity index (χ0v) is 12.3. The van der Waals surface area contributed by atoms with Crippen LogP contribution in [-0.4, -0.2) is 28.7 Å². The van der Waals surface area contributed by atoms with Crippen LogP contribution in [0.25, 0.3) is 0 Å². The molecule has 6 heteroatoms. The Labute approximate surface area is 123 Å². The van der Waals surface area contributed by atoms with Crippen LogP contribution in [0.15, 0.2) is 22.9 Å². The van der Waals surface area contributed by atoms with Crippen LogP contribution < -0.4 is 10.6 Å². The molecule has 0 aromatic carbocycles. The van der Waals surface area contributed by atoms with Crippen molar-refractivity contribution in [2.75, 3.05) is 18.4 Å². The third-order valence-electron chi connectivity index (χ3n) is 4.10. The van der Waals surface area contributed by atoms with Gasteiger partial charge in [0.25, 0.3) is 5.91 Å². The summed E-state index contributed by atoms with van der Waals surface area (Å²) in [5, 5.41) is 10.0. The van der Waals surface area contributed by atoms with E-state index < -0.39 is 0 Å². The number of carbonyl (C=O) groups excluding carboxylic acids is 1. The van der Waals surface area contributed by atoms with E-state index in [1.807, 2.05) is 32.2 Å². The minimum Gasteiger partial charge on any atom is -0.340 e. The second kappa shape index (κ2) is 5.73. The van der Waals surface area contributed by atoms with Gasteiger partial charge in [-0.15, -0.1) is 0 Å². The van der Waals surface area contributed by atoms with Crippen molar-refractivity contribution >= 4 is 11.8 Å². The van der Waals surface area contributed by atoms with E-state index in [2.05, 4.69) is 20.4 Å². The van der Waals surface area contributed by atoms with Crippen LogP contribution in [0.3, 0.4) is 0 Å². The fraction of sp³-hybridized carbons (Fsp3) is 0.467. The number of anilines is 1. The molecule has 1 amide bonds. The summed E-state index contributed by atoms with van der Waals surface area (Å²) in [6.07, 6.45) is 4.05. The van der Waals surface area contributed by atoms with E-state index in [1.165, 1.54) is 0 Å². The van der Waals surface area contributed by atoms with Crippen molar-refractivity contribution in [2.24, 2.45) is 0 Å². The molecule has 2 aromatic rings. The number of hydrogen-bond acceptors (Lipinski definition) is 4. The Morgan fingerprint density at radius 3 is 2.86 bits per heavy atom. The summed E-state index contributed by atoms with van der Waals surface area (Å²) in [4.78, 5) is 12.5. The molecule has 3 rings (SSSR count). The number of carbonyl (C=O) groups is 1. The number of rotatable bonds is 3. The lowest BCUT2D eigenvalue weighted by atomic mass is 10.1. The van der Waals surface area contributed by atoms with Gasteiger partial charge in [-0.25, -0.2) is 0 Å². The molecule has 6 nitrogen and oxygen atoms in total. The van der Waals surface area contributed by atoms with E-state index in [-0.39, 0.29) is 5.91 Å². The Morgan fingerprint density at radius 1 is 1.43 bits per heavy atom. The van der Waals surface area contributed by atoms with Crippen LogP contribution in [0.5, 0.6) is 0 Å². The summed E-state index contributed by atoms with van der Waals surface area (Å²) in [5.74, 6) is 0.272. The predicted octanol–water partition coefficient (Wildman–Crippen LogP) is 2.27. The molecule has 0 atom stereocenters. The van der Waals surface area contributed by atoms with Gasteiger partial charge in [0.05, 0.1) is 5.69 Å². The number of nitrogens with zero attached hydrogens (tertiary/aromatic N) is 2. The minimum absolute atomic E-state index is 0.155. The van der Waals surface area contributed by atoms with Crippen molar-refractivity contribution in [1.29, 1.82) is 0 Å². The summed E-state index contributed by atoms with van der Waals surface area (Å²) in [6, 6.07) is 4.13. The normalized spacial score (nSPS) is 16.1. The molecule has 0 saturated carbocycles. The third kappa shape index (κ3) is 2.71. The average Bonchev–Trinajstić information content (AvgIpc) is 3.10. The largest absolute Gasteiger partial charge is 0.340 e. The van der Waals surface area contributed by atoms with Gasteiger partial charge in [-0.05, 0) is 51.9 Å². The van der Waals surface area contributed by atoms with Crippen LogP contribution in [0, 0.1) is 13.8 Å². The maximum absolute atomic E-state index is 12.5. The van der Waals surface area contributed by atoms with E-state index in [0.717, 1.165) is 37.2 Å². The SMILES string of the molecule is Cc1noc(NC(=O)c2cccn2C2CCNCC2)c1C. The molecule has 1 aliphatic rings. The molecule has 1 saturated heterocycles. The third-order valence-corrected chi connectivity index (χ3v) is 4.10. The van der Waals surface area contributed by atoms with Crippen molar-refractivity contribution in [2.45, 2.75) is 32.7 Å². The summed E-state index contributed by atoms with van der Waals surface area (Å²) in [5.41, 5.74) is 2.32. The van der Waals surface area contributed by atoms with Crippen LogP contribution in [-0.2, 0) is 0 Å². The lowest BCUT2D eigenvalue weighted by molar-refractivity contribution is 0.101. The highest BCUT2D eigenvalue weighted by molar-refractivity contribution is 6.02. The molecular formula is C15H20N4O2. The van der Waals surface area contributed by atoms with Crippen LogP contribution in [0.1, 0.15) is 40.6 Å². The van der Waals surface area contributed by atoms with Crippen molar-refractivity contribution in [3.05, 3.63) is 35.3 Å². The number of aromatic nitrogens is 2. The average molecular weight is 288 g/mol. The summed E-state index contributed by atoms with van der Waals surface area (Å²) >= 11 is 0. The maximum atomic E-state index is 12.5. The second-order valence-corrected chi connectivity index (χ2v) is 5.46. The highest BCUT2D eigenvalue weighted by Gasteiger charge is 2.21. The fourth-order valence-corrected chi connectivity index (χ4v) is 2.69. The molecule has 112 valence electrons. The Balaban J connectivity index is 1.79. The van der Waals surface area contributed by atoms with Crippen molar-refractivity contribution < 1.29 is 9.32 Å². The first-order valence-corrected chi connectivity index (χ1v) is 7.28. The molecule has 0 unspecified atom stereocenters. The highest BCUT2D eigenvalue weighted by atomic mass is 16.5. The zero-order valence-electron chi connectivity index (χ0n) is 12.3. The maximum Gasteiger partial charge on any atom is 0.274 e. The van der Waals surface area contributed by atoms with E-state index in [1.54, 1.807) is 0 Å². The Morgan fingerprint density at radius 2 is 2.19 bits per heavy atom. The fourth-order valence-electron chi connectivity index (χ4n) is 2.69. The van der Waals surface area contributed by atoms with Gasteiger partial charge >= 0.3 is 0 Å². The van der Waals surface area contributed by atoms with E-state index in [4.69, 9.17) is 4.52 Å². The quantitative estimate of drug-likeness (QED) is 0.909. The lowest BCUT2D eigenvalue weighted by Gasteiger charge is -2.25. The molecule has 0 bridgehead atoms. The summed E-state index contributed by atoms with van der Waals surface area (Å²) in [7, 11) is 0. The Kier molecular flexibility index (Phi) is 3.79. The minimum atomic E-state index is -0.155. The molecule has 2 aromatic heterocycles. The first-order chi connectivity index (χ1) is 10.2. The van der Waals surface area contributed by atoms with Gasteiger partial charge in [-0.1, -0.05) is 5.16 Å². The van der Waals surface area contributed by atoms with Gasteiger partial charge in [0.15, 0.2) is 0 Å². The van der Waals surface area contributed by atoms with Gasteiger partial charge < -0.3 is 14.4 Å². The van der Waals surface area contributed by atoms with E-state index in [9.17, 15) is 4.79 Å². The Hall–Kier alpha value is -2.08. The molecule has 1 aliphatic heterocycles. The lowest BCUT2D eigenvalue weighted by Crippen LogP contribution is -2.31. The number of hydrogen-bond donors (Lipinski definition) is 2. The van der Waals surface area contributed by atoms with Gasteiger partial charge in [0.2, 0.25) is 5.88 Å². The number of nitrogens with one attached hydrogen (secondary N) is 2. The van der Waals surface area contributed by atoms with E-state index in [0.29, 0.717) is 17.6 Å². The highest BCUT2D eigenvalue weighted by Crippen LogP contribution is 2.23. The molecule has 2 N–H and O–H groups in total. The molecule has 0 aliphatic carbocycles. The first kappa shape index (κ1) is 13.9.